The van der Waals surface area contributed by atoms with Crippen molar-refractivity contribution >= 4 is 17.7 Å². The molecule has 1 saturated carbocycles. The predicted octanol–water partition coefficient (Wildman–Crippen LogP) is 2.87. The van der Waals surface area contributed by atoms with Crippen LogP contribution in [0.3, 0.4) is 0 Å². The average Bonchev–Trinajstić information content (AvgIpc) is 3.18. The zero-order valence-corrected chi connectivity index (χ0v) is 14.4. The third-order valence-corrected chi connectivity index (χ3v) is 5.48. The molecule has 0 bridgehead atoms. The van der Waals surface area contributed by atoms with Gasteiger partial charge in [0.25, 0.3) is 5.91 Å². The van der Waals surface area contributed by atoms with Crippen molar-refractivity contribution in [2.75, 3.05) is 5.75 Å². The highest BCUT2D eigenvalue weighted by Gasteiger charge is 2.29. The first-order chi connectivity index (χ1) is 11.7. The lowest BCUT2D eigenvalue weighted by molar-refractivity contribution is 0.0933. The Morgan fingerprint density at radius 1 is 1.46 bits per heavy atom. The van der Waals surface area contributed by atoms with Crippen molar-refractivity contribution in [2.45, 2.75) is 44.0 Å². The smallest absolute Gasteiger partial charge is 0.273 e. The first-order valence-electron chi connectivity index (χ1n) is 8.22. The molecule has 2 aromatic rings. The van der Waals surface area contributed by atoms with E-state index in [1.165, 1.54) is 12.1 Å². The van der Waals surface area contributed by atoms with E-state index in [0.717, 1.165) is 30.6 Å². The van der Waals surface area contributed by atoms with Gasteiger partial charge in [0.15, 0.2) is 5.69 Å². The van der Waals surface area contributed by atoms with Crippen molar-refractivity contribution in [1.29, 1.82) is 0 Å². The van der Waals surface area contributed by atoms with Gasteiger partial charge in [-0.1, -0.05) is 30.7 Å². The third-order valence-electron chi connectivity index (χ3n) is 4.15. The van der Waals surface area contributed by atoms with Gasteiger partial charge in [0.1, 0.15) is 5.82 Å². The van der Waals surface area contributed by atoms with Gasteiger partial charge in [-0.15, -0.1) is 5.10 Å². The number of carbonyl (C=O) groups is 1. The molecule has 128 valence electrons. The van der Waals surface area contributed by atoms with E-state index in [4.69, 9.17) is 0 Å². The highest BCUT2D eigenvalue weighted by Crippen LogP contribution is 2.29. The average molecular weight is 348 g/mol. The van der Waals surface area contributed by atoms with Gasteiger partial charge in [-0.25, -0.2) is 9.07 Å². The summed E-state index contributed by atoms with van der Waals surface area (Å²) in [7, 11) is 0. The van der Waals surface area contributed by atoms with Crippen molar-refractivity contribution in [2.24, 2.45) is 0 Å². The van der Waals surface area contributed by atoms with Crippen molar-refractivity contribution in [3.63, 3.8) is 0 Å². The number of aromatic nitrogens is 3. The number of nitrogens with zero attached hydrogens (tertiary/aromatic N) is 3. The molecule has 24 heavy (non-hydrogen) atoms. The van der Waals surface area contributed by atoms with Gasteiger partial charge in [-0.3, -0.25) is 4.79 Å². The molecule has 1 aromatic heterocycles. The van der Waals surface area contributed by atoms with E-state index in [0.29, 0.717) is 17.5 Å². The Labute approximate surface area is 145 Å². The molecule has 1 amide bonds. The van der Waals surface area contributed by atoms with E-state index in [2.05, 4.69) is 22.6 Å². The molecule has 0 spiro atoms. The number of nitrogens with one attached hydrogen (secondary N) is 1. The van der Waals surface area contributed by atoms with Crippen LogP contribution in [-0.2, 0) is 6.54 Å². The van der Waals surface area contributed by atoms with Crippen LogP contribution >= 0.6 is 11.8 Å². The first kappa shape index (κ1) is 17.0. The van der Waals surface area contributed by atoms with Crippen molar-refractivity contribution in [1.82, 2.24) is 20.3 Å². The van der Waals surface area contributed by atoms with Crippen LogP contribution in [0.5, 0.6) is 0 Å². The second kappa shape index (κ2) is 7.79. The molecule has 1 N–H and O–H groups in total. The summed E-state index contributed by atoms with van der Waals surface area (Å²) in [6, 6.07) is 6.52. The van der Waals surface area contributed by atoms with Crippen LogP contribution in [-0.4, -0.2) is 37.9 Å². The van der Waals surface area contributed by atoms with Gasteiger partial charge in [0.05, 0.1) is 12.7 Å². The Hall–Kier alpha value is -1.89. The number of halogens is 1. The minimum atomic E-state index is -0.286. The normalized spacial score (nSPS) is 20.2. The second-order valence-electron chi connectivity index (χ2n) is 5.94. The molecule has 1 fully saturated rings. The number of benzene rings is 1. The third kappa shape index (κ3) is 4.14. The molecule has 1 aliphatic carbocycles. The molecular weight excluding hydrogens is 327 g/mol. The van der Waals surface area contributed by atoms with E-state index in [-0.39, 0.29) is 17.8 Å². The fourth-order valence-corrected chi connectivity index (χ4v) is 4.25. The van der Waals surface area contributed by atoms with Crippen molar-refractivity contribution < 1.29 is 9.18 Å². The highest BCUT2D eigenvalue weighted by molar-refractivity contribution is 7.99. The number of carbonyl (C=O) groups excluding carboxylic acids is 1. The van der Waals surface area contributed by atoms with Crippen LogP contribution in [0.15, 0.2) is 30.5 Å². The van der Waals surface area contributed by atoms with Gasteiger partial charge in [0, 0.05) is 11.3 Å². The van der Waals surface area contributed by atoms with Crippen LogP contribution in [0.4, 0.5) is 4.39 Å². The number of rotatable bonds is 6. The molecule has 7 heteroatoms. The minimum Gasteiger partial charge on any atom is -0.347 e. The Morgan fingerprint density at radius 3 is 3.12 bits per heavy atom. The maximum Gasteiger partial charge on any atom is 0.273 e. The number of amides is 1. The van der Waals surface area contributed by atoms with Crippen molar-refractivity contribution in [3.05, 3.63) is 47.5 Å². The summed E-state index contributed by atoms with van der Waals surface area (Å²) in [5.41, 5.74) is 1.08. The van der Waals surface area contributed by atoms with Gasteiger partial charge in [-0.05, 0) is 36.3 Å². The quantitative estimate of drug-likeness (QED) is 0.872. The van der Waals surface area contributed by atoms with E-state index >= 15 is 0 Å². The van der Waals surface area contributed by atoms with Gasteiger partial charge in [-0.2, -0.15) is 11.8 Å². The molecule has 1 aromatic carbocycles. The Balaban J connectivity index is 1.61. The van der Waals surface area contributed by atoms with Crippen LogP contribution in [0, 0.1) is 5.82 Å². The molecule has 0 radical (unpaired) electrons. The van der Waals surface area contributed by atoms with E-state index in [1.807, 2.05) is 17.8 Å². The number of hydrogen-bond donors (Lipinski definition) is 1. The van der Waals surface area contributed by atoms with Gasteiger partial charge in [0.2, 0.25) is 0 Å². The standard InChI is InChI=1S/C17H21FN4OS/c1-2-24-16-8-4-7-14(16)19-17(23)15-11-22(21-20-15)10-12-5-3-6-13(18)9-12/h3,5-6,9,11,14,16H,2,4,7-8,10H2,1H3,(H,19,23)/t14-,16-/m0/s1. The SMILES string of the molecule is CCS[C@H]1CCC[C@@H]1NC(=O)c1cn(Cc2cccc(F)c2)nn1. The number of thioether (sulfide) groups is 1. The lowest BCUT2D eigenvalue weighted by atomic mass is 10.2. The second-order valence-corrected chi connectivity index (χ2v) is 7.45. The Morgan fingerprint density at radius 2 is 2.33 bits per heavy atom. The molecule has 0 unspecified atom stereocenters. The van der Waals surface area contributed by atoms with Crippen LogP contribution in [0.25, 0.3) is 0 Å². The summed E-state index contributed by atoms with van der Waals surface area (Å²) in [4.78, 5) is 12.4. The van der Waals surface area contributed by atoms with Crippen molar-refractivity contribution in [3.8, 4) is 0 Å². The predicted molar refractivity (Wildman–Crippen MR) is 92.5 cm³/mol. The lowest BCUT2D eigenvalue weighted by Gasteiger charge is -2.19. The summed E-state index contributed by atoms with van der Waals surface area (Å²) >= 11 is 1.90. The monoisotopic (exact) mass is 348 g/mol. The molecular formula is C17H21FN4OS. The topological polar surface area (TPSA) is 59.8 Å². The fourth-order valence-electron chi connectivity index (χ4n) is 3.05. The molecule has 0 saturated heterocycles. The largest absolute Gasteiger partial charge is 0.347 e. The van der Waals surface area contributed by atoms with E-state index < -0.39 is 0 Å². The van der Waals surface area contributed by atoms with E-state index in [9.17, 15) is 9.18 Å². The Kier molecular flexibility index (Phi) is 5.50. The summed E-state index contributed by atoms with van der Waals surface area (Å²) in [5.74, 6) is 0.585. The van der Waals surface area contributed by atoms with Gasteiger partial charge < -0.3 is 5.32 Å². The van der Waals surface area contributed by atoms with E-state index in [1.54, 1.807) is 16.9 Å². The summed E-state index contributed by atoms with van der Waals surface area (Å²) < 4.78 is 14.8. The molecule has 5 nitrogen and oxygen atoms in total. The lowest BCUT2D eigenvalue weighted by Crippen LogP contribution is -2.39. The molecule has 1 heterocycles. The van der Waals surface area contributed by atoms with Crippen LogP contribution in [0.1, 0.15) is 42.2 Å². The fraction of sp³-hybridized carbons (Fsp3) is 0.471. The Bertz CT molecular complexity index is 705. The summed E-state index contributed by atoms with van der Waals surface area (Å²) in [6.45, 7) is 2.52. The zero-order valence-electron chi connectivity index (χ0n) is 13.6. The highest BCUT2D eigenvalue weighted by atomic mass is 32.2. The molecule has 2 atom stereocenters. The summed E-state index contributed by atoms with van der Waals surface area (Å²) in [6.07, 6.45) is 4.92. The minimum absolute atomic E-state index is 0.186. The maximum absolute atomic E-state index is 13.2. The molecule has 3 rings (SSSR count). The number of hydrogen-bond acceptors (Lipinski definition) is 4. The van der Waals surface area contributed by atoms with Crippen LogP contribution < -0.4 is 5.32 Å². The van der Waals surface area contributed by atoms with Crippen LogP contribution in [0.2, 0.25) is 0 Å². The zero-order chi connectivity index (χ0) is 16.9. The summed E-state index contributed by atoms with van der Waals surface area (Å²) in [5, 5.41) is 11.5. The first-order valence-corrected chi connectivity index (χ1v) is 9.27. The molecule has 0 aliphatic heterocycles. The maximum atomic E-state index is 13.2. The molecule has 1 aliphatic rings. The van der Waals surface area contributed by atoms with Gasteiger partial charge >= 0.3 is 0 Å².